The summed E-state index contributed by atoms with van der Waals surface area (Å²) >= 11 is 0.0235. The summed E-state index contributed by atoms with van der Waals surface area (Å²) in [6.07, 6.45) is -1.46. The largest absolute Gasteiger partial charge is 1.00 e. The van der Waals surface area contributed by atoms with E-state index in [1.165, 1.54) is 7.05 Å². The number of benzene rings is 3. The minimum absolute atomic E-state index is 0. The third-order valence-corrected chi connectivity index (χ3v) is 12.5. The van der Waals surface area contributed by atoms with Gasteiger partial charge in [0.1, 0.15) is 41.7 Å². The van der Waals surface area contributed by atoms with E-state index in [9.17, 15) is 67.3 Å². The molecule has 0 aliphatic heterocycles. The fourth-order valence-electron chi connectivity index (χ4n) is 4.66. The van der Waals surface area contributed by atoms with Gasteiger partial charge in [-0.1, -0.05) is 7.43 Å². The van der Waals surface area contributed by atoms with Crippen molar-refractivity contribution in [2.45, 2.75) is 33.9 Å². The van der Waals surface area contributed by atoms with Gasteiger partial charge in [0.15, 0.2) is 27.9 Å². The Kier molecular flexibility index (Phi) is 32.4. The maximum atomic E-state index is 14.6. The van der Waals surface area contributed by atoms with Crippen molar-refractivity contribution in [1.29, 1.82) is 0 Å². The number of aromatic hydroxyl groups is 1. The first-order chi connectivity index (χ1) is 27.0. The van der Waals surface area contributed by atoms with Gasteiger partial charge in [0.05, 0.1) is 55.4 Å². The number of phenols is 1. The van der Waals surface area contributed by atoms with Crippen LogP contribution in [0.4, 0.5) is 33.3 Å². The minimum atomic E-state index is -5.61. The third-order valence-electron chi connectivity index (χ3n) is 7.14. The number of azo groups is 1. The summed E-state index contributed by atoms with van der Waals surface area (Å²) in [4.78, 5) is 7.96. The second-order valence-electron chi connectivity index (χ2n) is 10.9. The van der Waals surface area contributed by atoms with Gasteiger partial charge in [-0.25, -0.2) is 33.7 Å². The first-order valence-corrected chi connectivity index (χ1v) is 22.2. The molecule has 64 heavy (non-hydrogen) atoms. The van der Waals surface area contributed by atoms with Gasteiger partial charge in [-0.2, -0.15) is 23.7 Å². The van der Waals surface area contributed by atoms with E-state index in [2.05, 4.69) is 53.4 Å². The number of phenolic OH excluding ortho intramolecular Hbond substituents is 1. The van der Waals surface area contributed by atoms with Gasteiger partial charge in [-0.05, 0) is 42.8 Å². The van der Waals surface area contributed by atoms with Crippen molar-refractivity contribution >= 4 is 104 Å². The fraction of sp³-hybridized carbons (Fsp3) is 0.269. The predicted molar refractivity (Wildman–Crippen MR) is 190 cm³/mol. The number of fused-ring (bicyclic) bond motifs is 1. The molecule has 0 aliphatic carbocycles. The number of hydrogen-bond acceptors (Lipinski definition) is 28. The Bertz CT molecular complexity index is 2700. The van der Waals surface area contributed by atoms with E-state index in [4.69, 9.17) is 0 Å². The monoisotopic (exact) mass is 1060 g/mol. The van der Waals surface area contributed by atoms with Crippen LogP contribution in [0.25, 0.3) is 10.8 Å². The van der Waals surface area contributed by atoms with Crippen LogP contribution in [0, 0.1) is 13.0 Å². The topological polar surface area (TPSA) is 397 Å². The molecular formula is C26H25FN7Na5O19S6. The Balaban J connectivity index is -0.00000620. The Morgan fingerprint density at radius 1 is 0.812 bits per heavy atom. The Morgan fingerprint density at radius 3 is 1.98 bits per heavy atom. The molecule has 0 spiro atoms. The number of hydrogen-bond donors (Lipinski definition) is 2. The second kappa shape index (κ2) is 30.0. The number of halogens is 1. The quantitative estimate of drug-likeness (QED) is 0.0158. The number of aryl methyl sites for hydroxylation is 1. The summed E-state index contributed by atoms with van der Waals surface area (Å²) in [5.74, 6) is -3.33. The van der Waals surface area contributed by atoms with Crippen molar-refractivity contribution in [3.8, 4) is 5.75 Å². The zero-order chi connectivity index (χ0) is 43.2. The smallest absolute Gasteiger partial charge is 0.744 e. The zero-order valence-corrected chi connectivity index (χ0v) is 48.4. The Labute approximate surface area is 483 Å². The summed E-state index contributed by atoms with van der Waals surface area (Å²) in [6, 6.07) is 3.56. The van der Waals surface area contributed by atoms with Crippen LogP contribution in [0.2, 0.25) is 0 Å². The van der Waals surface area contributed by atoms with Gasteiger partial charge in [0.2, 0.25) is 11.9 Å². The molecule has 1 heterocycles. The molecule has 0 saturated carbocycles. The molecule has 0 atom stereocenters. The first-order valence-electron chi connectivity index (χ1n) is 14.7. The van der Waals surface area contributed by atoms with Crippen LogP contribution in [0.5, 0.6) is 5.75 Å². The molecule has 4 rings (SSSR count). The van der Waals surface area contributed by atoms with E-state index in [1.54, 1.807) is 0 Å². The van der Waals surface area contributed by atoms with Gasteiger partial charge in [0, 0.05) is 24.4 Å². The van der Waals surface area contributed by atoms with Gasteiger partial charge >= 0.3 is 154 Å². The normalized spacial score (nSPS) is 11.6. The molecule has 38 heteroatoms. The number of sulfone groups is 1. The van der Waals surface area contributed by atoms with Crippen LogP contribution in [-0.4, -0.2) is 99.1 Å². The molecular weight excluding hydrogens is 1040 g/mol. The molecule has 2 N–H and O–H groups in total. The van der Waals surface area contributed by atoms with Crippen molar-refractivity contribution in [1.82, 2.24) is 15.0 Å². The summed E-state index contributed by atoms with van der Waals surface area (Å²) in [7, 11) is -18.8. The SMILES string of the molecule is C.Cc1cc(S(=O)(=O)[O-])c(N=Nc2c(SOO[O-])cc3c(S(=O)(=O)[O-])c(Nc4nc(F)nc(N(C)CCS(=O)(=O)CCOSOO[O-])n4)ccc3c2O)cc1S(=O)(=O)[O-].[Na+].[Na+].[Na+].[Na+].[Na+]. The van der Waals surface area contributed by atoms with Gasteiger partial charge in [-0.15, -0.1) is 14.6 Å². The summed E-state index contributed by atoms with van der Waals surface area (Å²) in [6.45, 7) is 0.269. The molecule has 3 aromatic carbocycles. The molecule has 326 valence electrons. The van der Waals surface area contributed by atoms with E-state index in [-0.39, 0.29) is 186 Å². The van der Waals surface area contributed by atoms with Crippen LogP contribution in [0.1, 0.15) is 13.0 Å². The van der Waals surface area contributed by atoms with Crippen molar-refractivity contribution in [2.24, 2.45) is 10.2 Å². The number of aromatic nitrogens is 3. The van der Waals surface area contributed by atoms with Gasteiger partial charge < -0.3 is 39.5 Å². The van der Waals surface area contributed by atoms with Crippen LogP contribution < -0.4 is 169 Å². The number of nitrogens with zero attached hydrogens (tertiary/aromatic N) is 6. The van der Waals surface area contributed by atoms with E-state index in [0.717, 1.165) is 30.0 Å². The number of anilines is 3. The summed E-state index contributed by atoms with van der Waals surface area (Å²) < 4.78 is 161. The summed E-state index contributed by atoms with van der Waals surface area (Å²) in [5, 5.41) is 46.3. The average molecular weight is 1070 g/mol. The predicted octanol–water partition coefficient (Wildman–Crippen LogP) is -14.4. The van der Waals surface area contributed by atoms with E-state index < -0.39 is 135 Å². The Morgan fingerprint density at radius 2 is 1.42 bits per heavy atom. The fourth-order valence-corrected chi connectivity index (χ4v) is 8.77. The molecule has 0 saturated heterocycles. The van der Waals surface area contributed by atoms with E-state index in [0.29, 0.717) is 12.1 Å². The molecule has 4 aromatic rings. The standard InChI is InChI=1S/C25H26FN7O19S6.CH4.5Na/c1-12-9-19(57(42,43)44)16(11-18(12)56(39,40)41)31-32-20-17(53-51-49-35)10-14-13(21(20)34)3-4-15(22(14)58(45,46)47)27-24-28-23(26)29-25(30-24)33(2)5-7-55(37,38)8-6-48-54-52-50-36;;;;;;/h3-4,9-11,34-36H,5-8H2,1-2H3,(H,39,40,41)(H,42,43,44)(H,45,46,47)(H,27,28,29,30);1H4;;;;;/q;;5*+1/p-5. The average Bonchev–Trinajstić information content (AvgIpc) is 3.11. The molecule has 1 aromatic heterocycles. The van der Waals surface area contributed by atoms with E-state index >= 15 is 0 Å². The summed E-state index contributed by atoms with van der Waals surface area (Å²) in [5.41, 5.74) is -2.88. The van der Waals surface area contributed by atoms with Crippen LogP contribution in [-0.2, 0) is 63.1 Å². The molecule has 0 aliphatic rings. The molecule has 0 unspecified atom stereocenters. The second-order valence-corrected chi connectivity index (χ2v) is 18.5. The molecule has 0 radical (unpaired) electrons. The van der Waals surface area contributed by atoms with Crippen molar-refractivity contribution in [3.63, 3.8) is 0 Å². The van der Waals surface area contributed by atoms with Gasteiger partial charge in [-0.3, -0.25) is 14.3 Å². The number of nitrogens with one attached hydrogen (secondary N) is 1. The van der Waals surface area contributed by atoms with Crippen LogP contribution in [0.3, 0.4) is 0 Å². The minimum Gasteiger partial charge on any atom is -0.744 e. The first kappa shape index (κ1) is 69.2. The van der Waals surface area contributed by atoms with Crippen molar-refractivity contribution in [3.05, 3.63) is 42.0 Å². The maximum Gasteiger partial charge on any atom is 1.00 e. The number of rotatable bonds is 20. The van der Waals surface area contributed by atoms with Crippen LogP contribution >= 0.6 is 24.4 Å². The van der Waals surface area contributed by atoms with Crippen LogP contribution in [0.15, 0.2) is 60.1 Å². The van der Waals surface area contributed by atoms with Gasteiger partial charge in [0.25, 0.3) is 0 Å². The molecule has 0 fully saturated rings. The van der Waals surface area contributed by atoms with Crippen molar-refractivity contribution < 1.29 is 238 Å². The zero-order valence-electron chi connectivity index (χ0n) is 33.5. The maximum absolute atomic E-state index is 14.6. The third kappa shape index (κ3) is 19.6. The van der Waals surface area contributed by atoms with Crippen molar-refractivity contribution in [2.75, 3.05) is 41.9 Å². The van der Waals surface area contributed by atoms with E-state index in [1.807, 2.05) is 0 Å². The molecule has 26 nitrogen and oxygen atoms in total. The molecule has 0 amide bonds. The molecule has 0 bridgehead atoms. The Hall–Kier alpha value is 0.960.